The zero-order valence-corrected chi connectivity index (χ0v) is 17.0. The number of aromatic amines is 1. The molecule has 0 saturated carbocycles. The van der Waals surface area contributed by atoms with Gasteiger partial charge in [-0.25, -0.2) is 4.98 Å². The molecule has 0 unspecified atom stereocenters. The molecule has 0 spiro atoms. The minimum atomic E-state index is 0.371. The molecule has 1 aliphatic rings. The van der Waals surface area contributed by atoms with Crippen LogP contribution in [0.5, 0.6) is 0 Å². The zero-order chi connectivity index (χ0) is 21.0. The van der Waals surface area contributed by atoms with Gasteiger partial charge in [-0.15, -0.1) is 0 Å². The number of rotatable bonds is 5. The molecule has 0 aliphatic carbocycles. The van der Waals surface area contributed by atoms with Crippen molar-refractivity contribution in [1.29, 1.82) is 5.26 Å². The summed E-state index contributed by atoms with van der Waals surface area (Å²) in [5.74, 6) is 0.523. The lowest BCUT2D eigenvalue weighted by molar-refractivity contribution is 0.122. The largest absolute Gasteiger partial charge is 0.378 e. The molecule has 2 aromatic heterocycles. The van der Waals surface area contributed by atoms with Gasteiger partial charge in [-0.05, 0) is 42.0 Å². The molecule has 3 heterocycles. The molecular formula is C24H22N6O. The number of benzene rings is 2. The number of anilines is 3. The molecule has 7 nitrogen and oxygen atoms in total. The second kappa shape index (κ2) is 8.46. The highest BCUT2D eigenvalue weighted by molar-refractivity contribution is 5.92. The number of fused-ring (bicyclic) bond motifs is 1. The van der Waals surface area contributed by atoms with Crippen molar-refractivity contribution in [2.75, 3.05) is 36.5 Å². The van der Waals surface area contributed by atoms with Crippen molar-refractivity contribution in [3.63, 3.8) is 0 Å². The van der Waals surface area contributed by atoms with Gasteiger partial charge in [-0.1, -0.05) is 18.2 Å². The maximum absolute atomic E-state index is 9.03. The van der Waals surface area contributed by atoms with E-state index in [4.69, 9.17) is 15.0 Å². The van der Waals surface area contributed by atoms with Crippen LogP contribution in [0.3, 0.4) is 0 Å². The van der Waals surface area contributed by atoms with Crippen LogP contribution in [0.4, 0.5) is 17.3 Å². The lowest BCUT2D eigenvalue weighted by atomic mass is 10.0. The van der Waals surface area contributed by atoms with Crippen molar-refractivity contribution in [1.82, 2.24) is 15.0 Å². The molecule has 0 amide bonds. The predicted molar refractivity (Wildman–Crippen MR) is 121 cm³/mol. The van der Waals surface area contributed by atoms with Gasteiger partial charge in [0, 0.05) is 41.6 Å². The van der Waals surface area contributed by atoms with E-state index < -0.39 is 0 Å². The Labute approximate surface area is 180 Å². The van der Waals surface area contributed by atoms with Gasteiger partial charge in [0.2, 0.25) is 5.95 Å². The average molecular weight is 410 g/mol. The first-order chi connectivity index (χ1) is 15.3. The Morgan fingerprint density at radius 1 is 1.06 bits per heavy atom. The number of H-pyrrole nitrogens is 1. The van der Waals surface area contributed by atoms with E-state index in [1.54, 1.807) is 0 Å². The summed E-state index contributed by atoms with van der Waals surface area (Å²) < 4.78 is 5.43. The molecule has 0 atom stereocenters. The number of aromatic nitrogens is 3. The van der Waals surface area contributed by atoms with Gasteiger partial charge >= 0.3 is 0 Å². The number of morpholine rings is 1. The van der Waals surface area contributed by atoms with Crippen LogP contribution in [0.2, 0.25) is 0 Å². The van der Waals surface area contributed by atoms with Crippen LogP contribution in [0, 0.1) is 11.3 Å². The Hall–Kier alpha value is -3.89. The second-order valence-electron chi connectivity index (χ2n) is 7.44. The third-order valence-corrected chi connectivity index (χ3v) is 5.40. The minimum Gasteiger partial charge on any atom is -0.378 e. The highest BCUT2D eigenvalue weighted by Crippen LogP contribution is 2.29. The molecule has 7 heteroatoms. The number of nitrogens with zero attached hydrogens (tertiary/aromatic N) is 4. The van der Waals surface area contributed by atoms with Gasteiger partial charge in [0.25, 0.3) is 0 Å². The van der Waals surface area contributed by atoms with Crippen LogP contribution < -0.4 is 10.2 Å². The summed E-state index contributed by atoms with van der Waals surface area (Å²) in [5, 5.41) is 13.3. The van der Waals surface area contributed by atoms with Gasteiger partial charge in [0.05, 0.1) is 31.4 Å². The van der Waals surface area contributed by atoms with Crippen molar-refractivity contribution in [2.24, 2.45) is 0 Å². The normalized spacial score (nSPS) is 13.8. The number of nitriles is 1. The Bertz CT molecular complexity index is 1240. The summed E-state index contributed by atoms with van der Waals surface area (Å²) in [7, 11) is 0. The number of hydrogen-bond donors (Lipinski definition) is 2. The first-order valence-electron chi connectivity index (χ1n) is 10.3. The van der Waals surface area contributed by atoms with Gasteiger partial charge in [-0.2, -0.15) is 10.2 Å². The van der Waals surface area contributed by atoms with Crippen LogP contribution in [-0.2, 0) is 11.2 Å². The summed E-state index contributed by atoms with van der Waals surface area (Å²) in [6.07, 6.45) is 2.23. The van der Waals surface area contributed by atoms with Crippen molar-refractivity contribution < 1.29 is 4.74 Å². The molecule has 2 aromatic carbocycles. The van der Waals surface area contributed by atoms with Crippen LogP contribution in [0.1, 0.15) is 5.56 Å². The Balaban J connectivity index is 1.44. The van der Waals surface area contributed by atoms with E-state index in [9.17, 15) is 0 Å². The van der Waals surface area contributed by atoms with E-state index in [1.807, 2.05) is 48.7 Å². The maximum Gasteiger partial charge on any atom is 0.229 e. The number of ether oxygens (including phenoxy) is 1. The van der Waals surface area contributed by atoms with Crippen molar-refractivity contribution in [3.05, 3.63) is 66.4 Å². The van der Waals surface area contributed by atoms with Gasteiger partial charge in [0.15, 0.2) is 0 Å². The Morgan fingerprint density at radius 2 is 1.90 bits per heavy atom. The highest BCUT2D eigenvalue weighted by Gasteiger charge is 2.13. The third-order valence-electron chi connectivity index (χ3n) is 5.40. The van der Waals surface area contributed by atoms with E-state index in [-0.39, 0.29) is 0 Å². The average Bonchev–Trinajstić information content (AvgIpc) is 3.29. The molecule has 5 rings (SSSR count). The molecule has 1 saturated heterocycles. The molecule has 0 radical (unpaired) electrons. The first-order valence-corrected chi connectivity index (χ1v) is 10.3. The van der Waals surface area contributed by atoms with E-state index in [0.29, 0.717) is 12.4 Å². The van der Waals surface area contributed by atoms with Crippen molar-refractivity contribution in [3.8, 4) is 17.3 Å². The van der Waals surface area contributed by atoms with Gasteiger partial charge in [-0.3, -0.25) is 0 Å². The summed E-state index contributed by atoms with van der Waals surface area (Å²) in [4.78, 5) is 14.9. The van der Waals surface area contributed by atoms with E-state index in [2.05, 4.69) is 38.4 Å². The smallest absolute Gasteiger partial charge is 0.229 e. The predicted octanol–water partition coefficient (Wildman–Crippen LogP) is 4.27. The lowest BCUT2D eigenvalue weighted by Crippen LogP contribution is -2.36. The third kappa shape index (κ3) is 4.06. The zero-order valence-electron chi connectivity index (χ0n) is 17.0. The first kappa shape index (κ1) is 19.1. The topological polar surface area (TPSA) is 89.9 Å². The SMILES string of the molecule is N#CCc1cccc(-c2nc(Nc3ccc(N4CCOCC4)cc3)nc3[nH]ccc23)c1. The maximum atomic E-state index is 9.03. The van der Waals surface area contributed by atoms with Crippen LogP contribution >= 0.6 is 0 Å². The number of nitrogens with one attached hydrogen (secondary N) is 2. The van der Waals surface area contributed by atoms with E-state index in [1.165, 1.54) is 5.69 Å². The Morgan fingerprint density at radius 3 is 2.71 bits per heavy atom. The summed E-state index contributed by atoms with van der Waals surface area (Å²) >= 11 is 0. The molecule has 1 aliphatic heterocycles. The molecule has 1 fully saturated rings. The molecular weight excluding hydrogens is 388 g/mol. The fourth-order valence-electron chi connectivity index (χ4n) is 3.84. The van der Waals surface area contributed by atoms with Gasteiger partial charge in [0.1, 0.15) is 5.65 Å². The molecule has 0 bridgehead atoms. The van der Waals surface area contributed by atoms with E-state index in [0.717, 1.165) is 59.8 Å². The standard InChI is InChI=1S/C24H22N6O/c25-10-8-17-2-1-3-18(16-17)22-21-9-11-26-23(21)29-24(28-22)27-19-4-6-20(7-5-19)30-12-14-31-15-13-30/h1-7,9,11,16H,8,12-15H2,(H2,26,27,28,29). The van der Waals surface area contributed by atoms with Gasteiger partial charge < -0.3 is 19.9 Å². The van der Waals surface area contributed by atoms with E-state index >= 15 is 0 Å². The summed E-state index contributed by atoms with van der Waals surface area (Å²) in [5.41, 5.74) is 5.64. The van der Waals surface area contributed by atoms with Crippen LogP contribution in [-0.4, -0.2) is 41.3 Å². The van der Waals surface area contributed by atoms with Crippen molar-refractivity contribution >= 4 is 28.4 Å². The molecule has 4 aromatic rings. The Kier molecular flexibility index (Phi) is 5.21. The number of hydrogen-bond acceptors (Lipinski definition) is 6. The highest BCUT2D eigenvalue weighted by atomic mass is 16.5. The quantitative estimate of drug-likeness (QED) is 0.511. The molecule has 154 valence electrons. The van der Waals surface area contributed by atoms with Crippen molar-refractivity contribution in [2.45, 2.75) is 6.42 Å². The summed E-state index contributed by atoms with van der Waals surface area (Å²) in [6, 6.07) is 20.4. The molecule has 2 N–H and O–H groups in total. The minimum absolute atomic E-state index is 0.371. The monoisotopic (exact) mass is 410 g/mol. The lowest BCUT2D eigenvalue weighted by Gasteiger charge is -2.28. The van der Waals surface area contributed by atoms with Crippen LogP contribution in [0.15, 0.2) is 60.8 Å². The molecule has 31 heavy (non-hydrogen) atoms. The fraction of sp³-hybridized carbons (Fsp3) is 0.208. The fourth-order valence-corrected chi connectivity index (χ4v) is 3.84. The second-order valence-corrected chi connectivity index (χ2v) is 7.44. The van der Waals surface area contributed by atoms with Crippen LogP contribution in [0.25, 0.3) is 22.3 Å². The summed E-state index contributed by atoms with van der Waals surface area (Å²) in [6.45, 7) is 3.35.